The highest BCUT2D eigenvalue weighted by molar-refractivity contribution is 6.20. The molecule has 1 aliphatic carbocycles. The van der Waals surface area contributed by atoms with Gasteiger partial charge in [-0.3, -0.25) is 14.3 Å². The minimum absolute atomic E-state index is 0.00290. The van der Waals surface area contributed by atoms with Gasteiger partial charge in [0.1, 0.15) is 0 Å². The third-order valence-electron chi connectivity index (χ3n) is 7.21. The number of hydrogen-bond donors (Lipinski definition) is 0. The zero-order chi connectivity index (χ0) is 21.6. The lowest BCUT2D eigenvalue weighted by atomic mass is 9.82. The molecule has 2 aromatic heterocycles. The molecule has 7 rings (SSSR count). The van der Waals surface area contributed by atoms with Gasteiger partial charge in [0.05, 0.1) is 16.4 Å². The van der Waals surface area contributed by atoms with Crippen molar-refractivity contribution >= 4 is 32.6 Å². The van der Waals surface area contributed by atoms with E-state index in [-0.39, 0.29) is 11.0 Å². The number of rotatable bonds is 1. The van der Waals surface area contributed by atoms with Gasteiger partial charge >= 0.3 is 0 Å². The van der Waals surface area contributed by atoms with Crippen LogP contribution in [0, 0.1) is 0 Å². The predicted octanol–water partition coefficient (Wildman–Crippen LogP) is 6.44. The molecule has 0 amide bonds. The lowest BCUT2D eigenvalue weighted by Gasteiger charge is -2.22. The molecule has 1 aliphatic rings. The smallest absolute Gasteiger partial charge is 0.263 e. The van der Waals surface area contributed by atoms with Gasteiger partial charge in [-0.05, 0) is 52.6 Å². The summed E-state index contributed by atoms with van der Waals surface area (Å²) in [4.78, 5) is 18.4. The second-order valence-electron chi connectivity index (χ2n) is 9.24. The van der Waals surface area contributed by atoms with Gasteiger partial charge in [0.15, 0.2) is 0 Å². The highest BCUT2D eigenvalue weighted by Gasteiger charge is 2.35. The standard InChI is InChI=1S/C29H20N2O/c1-29(2)22-10-4-3-8-19(22)20-14-13-18(15-23(20)29)31-25-12-5-7-17-16-30-24-11-6-9-21(28(31)32)27(24)26(17)25/h3-16H,1-2H3. The van der Waals surface area contributed by atoms with E-state index >= 15 is 0 Å². The molecule has 4 aromatic carbocycles. The van der Waals surface area contributed by atoms with Crippen LogP contribution >= 0.6 is 0 Å². The van der Waals surface area contributed by atoms with Crippen molar-refractivity contribution in [3.8, 4) is 16.8 Å². The van der Waals surface area contributed by atoms with Crippen LogP contribution in [0.3, 0.4) is 0 Å². The highest BCUT2D eigenvalue weighted by Crippen LogP contribution is 2.49. The average molecular weight is 412 g/mol. The van der Waals surface area contributed by atoms with Crippen LogP contribution in [-0.2, 0) is 5.41 Å². The summed E-state index contributed by atoms with van der Waals surface area (Å²) in [7, 11) is 0. The van der Waals surface area contributed by atoms with E-state index in [0.717, 1.165) is 32.9 Å². The zero-order valence-electron chi connectivity index (χ0n) is 17.9. The van der Waals surface area contributed by atoms with E-state index in [9.17, 15) is 4.79 Å². The van der Waals surface area contributed by atoms with E-state index in [2.05, 4.69) is 67.4 Å². The second kappa shape index (κ2) is 5.83. The molecule has 0 bridgehead atoms. The molecule has 0 saturated heterocycles. The number of benzene rings is 4. The van der Waals surface area contributed by atoms with E-state index in [0.29, 0.717) is 5.39 Å². The summed E-state index contributed by atoms with van der Waals surface area (Å²) >= 11 is 0. The number of nitrogens with zero attached hydrogens (tertiary/aromatic N) is 2. The van der Waals surface area contributed by atoms with Gasteiger partial charge in [-0.1, -0.05) is 62.4 Å². The first-order valence-electron chi connectivity index (χ1n) is 10.9. The Morgan fingerprint density at radius 2 is 1.59 bits per heavy atom. The molecule has 0 N–H and O–H groups in total. The zero-order valence-corrected chi connectivity index (χ0v) is 17.9. The summed E-state index contributed by atoms with van der Waals surface area (Å²) in [5, 5.41) is 3.81. The minimum atomic E-state index is -0.116. The largest absolute Gasteiger partial charge is 0.276 e. The van der Waals surface area contributed by atoms with E-state index in [1.54, 1.807) is 0 Å². The molecule has 0 saturated carbocycles. The molecule has 0 fully saturated rings. The van der Waals surface area contributed by atoms with E-state index < -0.39 is 0 Å². The van der Waals surface area contributed by atoms with E-state index in [1.165, 1.54) is 22.3 Å². The first-order chi connectivity index (χ1) is 15.6. The van der Waals surface area contributed by atoms with Crippen LogP contribution in [-0.4, -0.2) is 9.55 Å². The summed E-state index contributed by atoms with van der Waals surface area (Å²) in [5.74, 6) is 0. The van der Waals surface area contributed by atoms with Crippen molar-refractivity contribution in [1.82, 2.24) is 9.55 Å². The lowest BCUT2D eigenvalue weighted by Crippen LogP contribution is -2.21. The highest BCUT2D eigenvalue weighted by atomic mass is 16.1. The SMILES string of the molecule is CC1(C)c2ccccc2-c2ccc(-n3c(=O)c4cccc5ncc6cccc3c6c54)cc21. The fraction of sp³-hybridized carbons (Fsp3) is 0.103. The van der Waals surface area contributed by atoms with Crippen LogP contribution in [0.2, 0.25) is 0 Å². The molecular formula is C29H20N2O. The number of hydrogen-bond acceptors (Lipinski definition) is 2. The molecule has 0 aliphatic heterocycles. The molecule has 152 valence electrons. The van der Waals surface area contributed by atoms with E-state index in [4.69, 9.17) is 0 Å². The van der Waals surface area contributed by atoms with Crippen molar-refractivity contribution in [2.45, 2.75) is 19.3 Å². The van der Waals surface area contributed by atoms with E-state index in [1.807, 2.05) is 41.1 Å². The molecule has 0 atom stereocenters. The molecule has 2 heterocycles. The Balaban J connectivity index is 1.61. The monoisotopic (exact) mass is 412 g/mol. The average Bonchev–Trinajstić information content (AvgIpc) is 3.05. The van der Waals surface area contributed by atoms with Crippen LogP contribution in [0.25, 0.3) is 49.4 Å². The Morgan fingerprint density at radius 3 is 2.50 bits per heavy atom. The minimum Gasteiger partial charge on any atom is -0.276 e. The van der Waals surface area contributed by atoms with Gasteiger partial charge in [0.25, 0.3) is 5.56 Å². The number of aromatic nitrogens is 2. The topological polar surface area (TPSA) is 34.9 Å². The first kappa shape index (κ1) is 17.7. The van der Waals surface area contributed by atoms with Crippen molar-refractivity contribution in [2.75, 3.05) is 0 Å². The molecule has 32 heavy (non-hydrogen) atoms. The molecule has 0 spiro atoms. The summed E-state index contributed by atoms with van der Waals surface area (Å²) < 4.78 is 1.88. The third-order valence-corrected chi connectivity index (χ3v) is 7.21. The van der Waals surface area contributed by atoms with Crippen LogP contribution in [0.4, 0.5) is 0 Å². The first-order valence-corrected chi connectivity index (χ1v) is 10.9. The summed E-state index contributed by atoms with van der Waals surface area (Å²) in [6, 6.07) is 27.0. The van der Waals surface area contributed by atoms with Crippen molar-refractivity contribution in [3.05, 3.63) is 107 Å². The Morgan fingerprint density at radius 1 is 0.781 bits per heavy atom. The fourth-order valence-corrected chi connectivity index (χ4v) is 5.67. The summed E-state index contributed by atoms with van der Waals surface area (Å²) in [6.07, 6.45) is 1.90. The Bertz CT molecular complexity index is 1770. The molecular weight excluding hydrogens is 392 g/mol. The maximum atomic E-state index is 13.8. The van der Waals surface area contributed by atoms with Gasteiger partial charge in [-0.25, -0.2) is 0 Å². The van der Waals surface area contributed by atoms with Crippen molar-refractivity contribution in [3.63, 3.8) is 0 Å². The quantitative estimate of drug-likeness (QED) is 0.291. The fourth-order valence-electron chi connectivity index (χ4n) is 5.67. The van der Waals surface area contributed by atoms with Crippen molar-refractivity contribution < 1.29 is 0 Å². The molecule has 3 heteroatoms. The van der Waals surface area contributed by atoms with Crippen molar-refractivity contribution in [1.29, 1.82) is 0 Å². The third kappa shape index (κ3) is 2.06. The lowest BCUT2D eigenvalue weighted by molar-refractivity contribution is 0.659. The van der Waals surface area contributed by atoms with Crippen LogP contribution in [0.15, 0.2) is 89.9 Å². The molecule has 0 unspecified atom stereocenters. The number of pyridine rings is 2. The Hall–Kier alpha value is -3.98. The summed E-state index contributed by atoms with van der Waals surface area (Å²) in [5.41, 5.74) is 7.70. The van der Waals surface area contributed by atoms with Gasteiger partial charge in [0.2, 0.25) is 0 Å². The molecule has 0 radical (unpaired) electrons. The Labute approximate surface area is 184 Å². The Kier molecular flexibility index (Phi) is 3.22. The predicted molar refractivity (Wildman–Crippen MR) is 131 cm³/mol. The van der Waals surface area contributed by atoms with Crippen LogP contribution in [0.1, 0.15) is 25.0 Å². The summed E-state index contributed by atoms with van der Waals surface area (Å²) in [6.45, 7) is 4.53. The molecule has 6 aromatic rings. The molecule has 3 nitrogen and oxygen atoms in total. The number of fused-ring (bicyclic) bond motifs is 3. The normalized spacial score (nSPS) is 14.3. The van der Waals surface area contributed by atoms with Crippen LogP contribution in [0.5, 0.6) is 0 Å². The van der Waals surface area contributed by atoms with Crippen LogP contribution < -0.4 is 5.56 Å². The maximum absolute atomic E-state index is 13.8. The second-order valence-corrected chi connectivity index (χ2v) is 9.24. The van der Waals surface area contributed by atoms with Gasteiger partial charge in [-0.15, -0.1) is 0 Å². The van der Waals surface area contributed by atoms with Gasteiger partial charge in [0, 0.05) is 33.5 Å². The van der Waals surface area contributed by atoms with Crippen molar-refractivity contribution in [2.24, 2.45) is 0 Å². The van der Waals surface area contributed by atoms with Gasteiger partial charge in [-0.2, -0.15) is 0 Å². The van der Waals surface area contributed by atoms with Gasteiger partial charge < -0.3 is 0 Å². The maximum Gasteiger partial charge on any atom is 0.263 e.